The minimum absolute atomic E-state index is 0.252. The van der Waals surface area contributed by atoms with Crippen molar-refractivity contribution in [1.29, 1.82) is 0 Å². The highest BCUT2D eigenvalue weighted by Crippen LogP contribution is 2.22. The highest BCUT2D eigenvalue weighted by Gasteiger charge is 2.19. The summed E-state index contributed by atoms with van der Waals surface area (Å²) >= 11 is 0. The molecule has 0 saturated carbocycles. The van der Waals surface area contributed by atoms with Crippen LogP contribution in [0.5, 0.6) is 5.75 Å². The summed E-state index contributed by atoms with van der Waals surface area (Å²) in [4.78, 5) is 32.1. The SMILES string of the molecule is COc1ccccc1/C=N\NC(=O)c1cc([N+](=O)[O-])cc([N+](=O)[O-])c1. The molecule has 2 aromatic rings. The zero-order chi connectivity index (χ0) is 18.4. The molecule has 0 aliphatic heterocycles. The smallest absolute Gasteiger partial charge is 0.277 e. The quantitative estimate of drug-likeness (QED) is 0.485. The van der Waals surface area contributed by atoms with Gasteiger partial charge in [0.15, 0.2) is 0 Å². The van der Waals surface area contributed by atoms with Gasteiger partial charge in [-0.2, -0.15) is 5.10 Å². The van der Waals surface area contributed by atoms with Gasteiger partial charge >= 0.3 is 0 Å². The average Bonchev–Trinajstić information content (AvgIpc) is 2.61. The van der Waals surface area contributed by atoms with Crippen molar-refractivity contribution in [2.45, 2.75) is 0 Å². The third-order valence-electron chi connectivity index (χ3n) is 3.10. The van der Waals surface area contributed by atoms with Gasteiger partial charge in [-0.15, -0.1) is 0 Å². The molecule has 25 heavy (non-hydrogen) atoms. The molecular weight excluding hydrogens is 332 g/mol. The van der Waals surface area contributed by atoms with Gasteiger partial charge < -0.3 is 4.74 Å². The van der Waals surface area contributed by atoms with Crippen LogP contribution in [0, 0.1) is 20.2 Å². The number of hydrogen-bond donors (Lipinski definition) is 1. The lowest BCUT2D eigenvalue weighted by atomic mass is 10.1. The number of nitro groups is 2. The minimum atomic E-state index is -0.821. The van der Waals surface area contributed by atoms with Crippen molar-refractivity contribution < 1.29 is 19.4 Å². The summed E-state index contributed by atoms with van der Waals surface area (Å²) in [5, 5.41) is 25.4. The normalized spacial score (nSPS) is 10.4. The van der Waals surface area contributed by atoms with Crippen LogP contribution in [0.25, 0.3) is 0 Å². The van der Waals surface area contributed by atoms with E-state index in [1.807, 2.05) is 0 Å². The number of nitrogens with one attached hydrogen (secondary N) is 1. The number of nitrogens with zero attached hydrogens (tertiary/aromatic N) is 3. The highest BCUT2D eigenvalue weighted by atomic mass is 16.6. The summed E-state index contributed by atoms with van der Waals surface area (Å²) in [6.07, 6.45) is 1.32. The second kappa shape index (κ2) is 7.64. The van der Waals surface area contributed by atoms with Crippen molar-refractivity contribution in [1.82, 2.24) is 5.43 Å². The molecule has 128 valence electrons. The van der Waals surface area contributed by atoms with E-state index in [-0.39, 0.29) is 5.56 Å². The Labute approximate surface area is 141 Å². The maximum absolute atomic E-state index is 12.0. The van der Waals surface area contributed by atoms with Gasteiger partial charge in [-0.25, -0.2) is 5.43 Å². The van der Waals surface area contributed by atoms with E-state index in [2.05, 4.69) is 10.5 Å². The van der Waals surface area contributed by atoms with Crippen LogP contribution in [0.3, 0.4) is 0 Å². The van der Waals surface area contributed by atoms with Crippen LogP contribution < -0.4 is 10.2 Å². The number of non-ortho nitro benzene ring substituents is 2. The Morgan fingerprint density at radius 1 is 1.12 bits per heavy atom. The number of para-hydroxylation sites is 1. The van der Waals surface area contributed by atoms with Crippen LogP contribution in [-0.2, 0) is 0 Å². The summed E-state index contributed by atoms with van der Waals surface area (Å²) in [7, 11) is 1.48. The number of ether oxygens (including phenoxy) is 1. The van der Waals surface area contributed by atoms with Crippen molar-refractivity contribution in [2.24, 2.45) is 5.10 Å². The molecule has 0 unspecified atom stereocenters. The van der Waals surface area contributed by atoms with E-state index in [1.165, 1.54) is 13.3 Å². The molecule has 0 fully saturated rings. The van der Waals surface area contributed by atoms with Crippen LogP contribution in [0.15, 0.2) is 47.6 Å². The molecular formula is C15H12N4O6. The zero-order valence-corrected chi connectivity index (χ0v) is 12.9. The lowest BCUT2D eigenvalue weighted by molar-refractivity contribution is -0.394. The van der Waals surface area contributed by atoms with Crippen LogP contribution in [0.1, 0.15) is 15.9 Å². The topological polar surface area (TPSA) is 137 Å². The van der Waals surface area contributed by atoms with Crippen molar-refractivity contribution in [3.05, 3.63) is 73.8 Å². The van der Waals surface area contributed by atoms with Crippen molar-refractivity contribution in [3.8, 4) is 5.75 Å². The number of carbonyl (C=O) groups excluding carboxylic acids is 1. The van der Waals surface area contributed by atoms with Crippen molar-refractivity contribution in [3.63, 3.8) is 0 Å². The van der Waals surface area contributed by atoms with Crippen LogP contribution >= 0.6 is 0 Å². The van der Waals surface area contributed by atoms with Gasteiger partial charge in [-0.3, -0.25) is 25.0 Å². The maximum atomic E-state index is 12.0. The molecule has 2 rings (SSSR count). The minimum Gasteiger partial charge on any atom is -0.496 e. The Kier molecular flexibility index (Phi) is 5.36. The number of benzene rings is 2. The van der Waals surface area contributed by atoms with Gasteiger partial charge in [-0.1, -0.05) is 12.1 Å². The Morgan fingerprint density at radius 2 is 1.72 bits per heavy atom. The van der Waals surface area contributed by atoms with E-state index in [9.17, 15) is 25.0 Å². The predicted molar refractivity (Wildman–Crippen MR) is 87.8 cm³/mol. The predicted octanol–water partition coefficient (Wildman–Crippen LogP) is 2.28. The Balaban J connectivity index is 2.22. The van der Waals surface area contributed by atoms with Gasteiger partial charge in [0.25, 0.3) is 17.3 Å². The fourth-order valence-corrected chi connectivity index (χ4v) is 1.94. The Hall–Kier alpha value is -3.82. The first kappa shape index (κ1) is 17.5. The van der Waals surface area contributed by atoms with Crippen molar-refractivity contribution in [2.75, 3.05) is 7.11 Å². The molecule has 0 bridgehead atoms. The largest absolute Gasteiger partial charge is 0.496 e. The summed E-state index contributed by atoms with van der Waals surface area (Å²) in [6.45, 7) is 0. The summed E-state index contributed by atoms with van der Waals surface area (Å²) < 4.78 is 5.12. The molecule has 2 aromatic carbocycles. The van der Waals surface area contributed by atoms with E-state index in [0.717, 1.165) is 18.2 Å². The second-order valence-electron chi connectivity index (χ2n) is 4.69. The molecule has 0 aliphatic rings. The number of methoxy groups -OCH3 is 1. The third kappa shape index (κ3) is 4.34. The number of amides is 1. The first-order chi connectivity index (χ1) is 11.9. The standard InChI is InChI=1S/C15H12N4O6/c1-25-14-5-3-2-4-10(14)9-16-17-15(20)11-6-12(18(21)22)8-13(7-11)19(23)24/h2-9H,1H3,(H,17,20)/b16-9-. The third-order valence-corrected chi connectivity index (χ3v) is 3.10. The van der Waals surface area contributed by atoms with Crippen LogP contribution in [0.2, 0.25) is 0 Å². The highest BCUT2D eigenvalue weighted by molar-refractivity contribution is 5.96. The summed E-state index contributed by atoms with van der Waals surface area (Å²) in [6, 6.07) is 9.54. The Morgan fingerprint density at radius 3 is 2.28 bits per heavy atom. The second-order valence-corrected chi connectivity index (χ2v) is 4.69. The zero-order valence-electron chi connectivity index (χ0n) is 12.9. The summed E-state index contributed by atoms with van der Waals surface area (Å²) in [5.74, 6) is -0.288. The first-order valence-corrected chi connectivity index (χ1v) is 6.82. The molecule has 10 heteroatoms. The molecule has 0 atom stereocenters. The maximum Gasteiger partial charge on any atom is 0.277 e. The van der Waals surface area contributed by atoms with Gasteiger partial charge in [-0.05, 0) is 12.1 Å². The molecule has 0 aliphatic carbocycles. The lowest BCUT2D eigenvalue weighted by Gasteiger charge is -2.03. The number of nitro benzene ring substituents is 2. The van der Waals surface area contributed by atoms with Crippen molar-refractivity contribution >= 4 is 23.5 Å². The van der Waals surface area contributed by atoms with Crippen LogP contribution in [0.4, 0.5) is 11.4 Å². The number of carbonyl (C=O) groups is 1. The van der Waals surface area contributed by atoms with E-state index < -0.39 is 27.1 Å². The van der Waals surface area contributed by atoms with E-state index in [0.29, 0.717) is 11.3 Å². The average molecular weight is 344 g/mol. The fraction of sp³-hybridized carbons (Fsp3) is 0.0667. The molecule has 1 amide bonds. The van der Waals surface area contributed by atoms with Gasteiger partial charge in [0.1, 0.15) is 5.75 Å². The molecule has 10 nitrogen and oxygen atoms in total. The van der Waals surface area contributed by atoms with Gasteiger partial charge in [0, 0.05) is 17.7 Å². The summed E-state index contributed by atoms with van der Waals surface area (Å²) in [5.41, 5.74) is 1.38. The van der Waals surface area contributed by atoms with Gasteiger partial charge in [0.05, 0.1) is 34.8 Å². The number of hydrazone groups is 1. The molecule has 0 radical (unpaired) electrons. The molecule has 0 saturated heterocycles. The lowest BCUT2D eigenvalue weighted by Crippen LogP contribution is -2.18. The Bertz CT molecular complexity index is 833. The van der Waals surface area contributed by atoms with Gasteiger partial charge in [0.2, 0.25) is 0 Å². The molecule has 0 heterocycles. The number of hydrogen-bond acceptors (Lipinski definition) is 7. The molecule has 1 N–H and O–H groups in total. The van der Waals surface area contributed by atoms with E-state index in [1.54, 1.807) is 24.3 Å². The molecule has 0 spiro atoms. The van der Waals surface area contributed by atoms with E-state index >= 15 is 0 Å². The number of rotatable bonds is 6. The molecule has 0 aromatic heterocycles. The van der Waals surface area contributed by atoms with E-state index in [4.69, 9.17) is 4.74 Å². The van der Waals surface area contributed by atoms with Crippen LogP contribution in [-0.4, -0.2) is 29.1 Å². The first-order valence-electron chi connectivity index (χ1n) is 6.82. The fourth-order valence-electron chi connectivity index (χ4n) is 1.94. The monoisotopic (exact) mass is 344 g/mol.